The molecule has 0 spiro atoms. The van der Waals surface area contributed by atoms with Crippen LogP contribution < -0.4 is 0 Å². The van der Waals surface area contributed by atoms with Gasteiger partial charge in [0.15, 0.2) is 0 Å². The molecule has 1 saturated heterocycles. The van der Waals surface area contributed by atoms with E-state index < -0.39 is 43.9 Å². The van der Waals surface area contributed by atoms with Crippen molar-refractivity contribution in [1.82, 2.24) is 4.31 Å². The lowest BCUT2D eigenvalue weighted by atomic mass is 10.1. The van der Waals surface area contributed by atoms with Gasteiger partial charge in [-0.3, -0.25) is 0 Å². The molecule has 0 amide bonds. The summed E-state index contributed by atoms with van der Waals surface area (Å²) in [7, 11) is -4.15. The van der Waals surface area contributed by atoms with E-state index in [1.807, 2.05) is 24.3 Å². The topological polar surface area (TPSA) is 77.8 Å². The maximum absolute atomic E-state index is 12.6. The molecular weight excluding hydrogens is 486 g/mol. The SMILES string of the molecule is O=S(=O)(c1ccc(C(F)(F)F)cc1Cl)N1CCC(O)(CO)C1.Sc1ccc(Cl)cc1. The summed E-state index contributed by atoms with van der Waals surface area (Å²) in [6, 6.07) is 9.29. The Bertz CT molecular complexity index is 967. The van der Waals surface area contributed by atoms with Crippen molar-refractivity contribution in [3.05, 3.63) is 58.1 Å². The Hall–Kier alpha value is -1.01. The van der Waals surface area contributed by atoms with E-state index in [9.17, 15) is 26.7 Å². The third-order valence-corrected chi connectivity index (χ3v) is 7.17. The van der Waals surface area contributed by atoms with Crippen LogP contribution in [-0.2, 0) is 16.2 Å². The summed E-state index contributed by atoms with van der Waals surface area (Å²) in [5.41, 5.74) is -2.60. The Morgan fingerprint density at radius 3 is 2.17 bits per heavy atom. The number of benzene rings is 2. The van der Waals surface area contributed by atoms with Gasteiger partial charge in [0.2, 0.25) is 10.0 Å². The quantitative estimate of drug-likeness (QED) is 0.551. The molecule has 2 aromatic rings. The Morgan fingerprint density at radius 2 is 1.73 bits per heavy atom. The Balaban J connectivity index is 0.000000335. The molecule has 1 aliphatic heterocycles. The van der Waals surface area contributed by atoms with Gasteiger partial charge in [-0.05, 0) is 48.9 Å². The summed E-state index contributed by atoms with van der Waals surface area (Å²) in [5, 5.41) is 19.1. The van der Waals surface area contributed by atoms with Crippen LogP contribution in [0.25, 0.3) is 0 Å². The van der Waals surface area contributed by atoms with Crippen molar-refractivity contribution in [2.75, 3.05) is 19.7 Å². The van der Waals surface area contributed by atoms with E-state index in [4.69, 9.17) is 28.3 Å². The van der Waals surface area contributed by atoms with Gasteiger partial charge < -0.3 is 10.2 Å². The molecule has 30 heavy (non-hydrogen) atoms. The molecule has 0 bridgehead atoms. The standard InChI is InChI=1S/C12H13ClF3NO4S.C6H5ClS/c13-9-5-8(12(14,15)16)1-2-10(9)22(20,21)17-4-3-11(19,6-17)7-18;7-5-1-3-6(8)4-2-5/h1-2,5,18-19H,3-4,6-7H2;1-4,8H. The molecule has 0 saturated carbocycles. The van der Waals surface area contributed by atoms with Crippen molar-refractivity contribution in [2.24, 2.45) is 0 Å². The summed E-state index contributed by atoms with van der Waals surface area (Å²) in [6.45, 7) is -1.01. The summed E-state index contributed by atoms with van der Waals surface area (Å²) >= 11 is 15.3. The van der Waals surface area contributed by atoms with E-state index in [-0.39, 0.29) is 19.5 Å². The second-order valence-electron chi connectivity index (χ2n) is 6.59. The lowest BCUT2D eigenvalue weighted by Crippen LogP contribution is -2.38. The molecule has 1 fully saturated rings. The zero-order chi connectivity index (χ0) is 22.7. The van der Waals surface area contributed by atoms with Crippen LogP contribution in [0.1, 0.15) is 12.0 Å². The van der Waals surface area contributed by atoms with Crippen molar-refractivity contribution in [3.8, 4) is 0 Å². The maximum Gasteiger partial charge on any atom is 0.416 e. The van der Waals surface area contributed by atoms with Gasteiger partial charge in [0, 0.05) is 23.0 Å². The predicted octanol–water partition coefficient (Wildman–Crippen LogP) is 4.11. The van der Waals surface area contributed by atoms with Crippen LogP contribution >= 0.6 is 35.8 Å². The van der Waals surface area contributed by atoms with Crippen LogP contribution in [0.3, 0.4) is 0 Å². The summed E-state index contributed by atoms with van der Waals surface area (Å²) < 4.78 is 63.4. The van der Waals surface area contributed by atoms with Gasteiger partial charge in [0.25, 0.3) is 0 Å². The Morgan fingerprint density at radius 1 is 1.13 bits per heavy atom. The van der Waals surface area contributed by atoms with Crippen LogP contribution in [0.4, 0.5) is 13.2 Å². The number of nitrogens with zero attached hydrogens (tertiary/aromatic N) is 1. The normalized spacial score (nSPS) is 20.0. The molecular formula is C18H18Cl2F3NO4S2. The van der Waals surface area contributed by atoms with Gasteiger partial charge in [-0.25, -0.2) is 8.42 Å². The number of alkyl halides is 3. The first-order valence-electron chi connectivity index (χ1n) is 8.43. The molecule has 5 nitrogen and oxygen atoms in total. The highest BCUT2D eigenvalue weighted by Gasteiger charge is 2.42. The third-order valence-electron chi connectivity index (χ3n) is 4.30. The van der Waals surface area contributed by atoms with Crippen LogP contribution in [0.5, 0.6) is 0 Å². The van der Waals surface area contributed by atoms with E-state index in [2.05, 4.69) is 12.6 Å². The fraction of sp³-hybridized carbons (Fsp3) is 0.333. The lowest BCUT2D eigenvalue weighted by Gasteiger charge is -2.21. The molecule has 1 atom stereocenters. The average molecular weight is 504 g/mol. The van der Waals surface area contributed by atoms with E-state index in [0.717, 1.165) is 20.3 Å². The second-order valence-corrected chi connectivity index (χ2v) is 9.86. The zero-order valence-corrected chi connectivity index (χ0v) is 18.5. The molecule has 0 radical (unpaired) electrons. The van der Waals surface area contributed by atoms with Crippen LogP contribution in [0.15, 0.2) is 52.3 Å². The summed E-state index contributed by atoms with van der Waals surface area (Å²) in [4.78, 5) is 0.471. The number of sulfonamides is 1. The third kappa shape index (κ3) is 6.25. The first-order chi connectivity index (χ1) is 13.8. The second kappa shape index (κ2) is 9.64. The number of aliphatic hydroxyl groups excluding tert-OH is 1. The number of β-amino-alcohol motifs (C(OH)–C–C–N with tert-alkyl or cyclic N) is 1. The van der Waals surface area contributed by atoms with Gasteiger partial charge in [-0.2, -0.15) is 17.5 Å². The average Bonchev–Trinajstić information content (AvgIpc) is 3.07. The van der Waals surface area contributed by atoms with Crippen molar-refractivity contribution in [1.29, 1.82) is 0 Å². The Kier molecular flexibility index (Phi) is 8.11. The highest BCUT2D eigenvalue weighted by atomic mass is 35.5. The minimum absolute atomic E-state index is 0.0288. The van der Waals surface area contributed by atoms with Gasteiger partial charge in [0.05, 0.1) is 17.2 Å². The van der Waals surface area contributed by atoms with E-state index in [1.54, 1.807) is 0 Å². The molecule has 12 heteroatoms. The van der Waals surface area contributed by atoms with Crippen molar-refractivity contribution < 1.29 is 31.8 Å². The number of hydrogen-bond acceptors (Lipinski definition) is 5. The zero-order valence-electron chi connectivity index (χ0n) is 15.3. The van der Waals surface area contributed by atoms with Crippen molar-refractivity contribution in [3.63, 3.8) is 0 Å². The smallest absolute Gasteiger partial charge is 0.393 e. The first kappa shape index (κ1) is 25.3. The lowest BCUT2D eigenvalue weighted by molar-refractivity contribution is -0.137. The molecule has 0 aromatic heterocycles. The monoisotopic (exact) mass is 503 g/mol. The van der Waals surface area contributed by atoms with Crippen molar-refractivity contribution >= 4 is 45.9 Å². The molecule has 1 aliphatic rings. The van der Waals surface area contributed by atoms with Gasteiger partial charge in [-0.15, -0.1) is 12.6 Å². The van der Waals surface area contributed by atoms with E-state index in [0.29, 0.717) is 12.1 Å². The largest absolute Gasteiger partial charge is 0.416 e. The Labute approximate surface area is 187 Å². The first-order valence-corrected chi connectivity index (χ1v) is 11.1. The predicted molar refractivity (Wildman–Crippen MR) is 111 cm³/mol. The minimum Gasteiger partial charge on any atom is -0.393 e. The molecule has 0 aliphatic carbocycles. The molecule has 1 unspecified atom stereocenters. The number of rotatable bonds is 3. The van der Waals surface area contributed by atoms with Gasteiger partial charge in [-0.1, -0.05) is 23.2 Å². The molecule has 3 rings (SSSR count). The summed E-state index contributed by atoms with van der Waals surface area (Å²) in [5.74, 6) is 0. The fourth-order valence-electron chi connectivity index (χ4n) is 2.62. The minimum atomic E-state index is -4.63. The molecule has 2 aromatic carbocycles. The van der Waals surface area contributed by atoms with E-state index in [1.165, 1.54) is 0 Å². The van der Waals surface area contributed by atoms with E-state index >= 15 is 0 Å². The van der Waals surface area contributed by atoms with Crippen LogP contribution in [-0.4, -0.2) is 48.2 Å². The highest BCUT2D eigenvalue weighted by molar-refractivity contribution is 7.89. The van der Waals surface area contributed by atoms with Gasteiger partial charge in [0.1, 0.15) is 10.5 Å². The number of halogens is 5. The molecule has 166 valence electrons. The molecule has 1 heterocycles. The molecule has 2 N–H and O–H groups in total. The fourth-order valence-corrected chi connectivity index (χ4v) is 4.93. The van der Waals surface area contributed by atoms with Gasteiger partial charge >= 0.3 is 6.18 Å². The van der Waals surface area contributed by atoms with Crippen LogP contribution in [0, 0.1) is 0 Å². The maximum atomic E-state index is 12.6. The van der Waals surface area contributed by atoms with Crippen molar-refractivity contribution in [2.45, 2.75) is 28.0 Å². The van der Waals surface area contributed by atoms with Crippen LogP contribution in [0.2, 0.25) is 10.0 Å². The highest BCUT2D eigenvalue weighted by Crippen LogP contribution is 2.35. The summed E-state index contributed by atoms with van der Waals surface area (Å²) in [6.07, 6.45) is -4.60. The number of aliphatic hydroxyl groups is 2. The number of thiol groups is 1. The number of hydrogen-bond donors (Lipinski definition) is 3.